The maximum Gasteiger partial charge on any atom is 0.227 e. The van der Waals surface area contributed by atoms with E-state index in [1.807, 2.05) is 20.0 Å². The molecule has 0 saturated carbocycles. The van der Waals surface area contributed by atoms with Crippen molar-refractivity contribution in [3.05, 3.63) is 45.8 Å². The molecule has 96 valence electrons. The monoisotopic (exact) mass is 250 g/mol. The molecule has 0 aliphatic rings. The summed E-state index contributed by atoms with van der Waals surface area (Å²) in [5, 5.41) is 13.0. The molecule has 2 aromatic rings. The molecule has 0 aliphatic heterocycles. The van der Waals surface area contributed by atoms with Gasteiger partial charge in [-0.05, 0) is 13.0 Å². The standard InChI is InChI=1S/C12H14N2O4/c1-8-3-9(14(2)13-8)6-18-12-7-17-10(5-15)4-11(12)16/h3-4,7,15H,5-6H2,1-2H3. The average Bonchev–Trinajstić information content (AvgIpc) is 2.66. The van der Waals surface area contributed by atoms with Crippen molar-refractivity contribution in [1.82, 2.24) is 9.78 Å². The second-order valence-electron chi connectivity index (χ2n) is 3.92. The lowest BCUT2D eigenvalue weighted by molar-refractivity contribution is 0.235. The lowest BCUT2D eigenvalue weighted by atomic mass is 10.3. The number of rotatable bonds is 4. The minimum atomic E-state index is -0.316. The Bertz CT molecular complexity index is 600. The van der Waals surface area contributed by atoms with E-state index in [0.717, 1.165) is 11.4 Å². The van der Waals surface area contributed by atoms with Crippen LogP contribution in [0.25, 0.3) is 0 Å². The van der Waals surface area contributed by atoms with Crippen molar-refractivity contribution in [2.45, 2.75) is 20.1 Å². The minimum absolute atomic E-state index is 0.117. The summed E-state index contributed by atoms with van der Waals surface area (Å²) in [4.78, 5) is 11.6. The summed E-state index contributed by atoms with van der Waals surface area (Å²) in [5.74, 6) is 0.329. The van der Waals surface area contributed by atoms with Crippen LogP contribution in [0.1, 0.15) is 17.1 Å². The molecule has 6 heteroatoms. The molecule has 2 heterocycles. The molecule has 18 heavy (non-hydrogen) atoms. The van der Waals surface area contributed by atoms with E-state index < -0.39 is 0 Å². The summed E-state index contributed by atoms with van der Waals surface area (Å²) in [6, 6.07) is 3.09. The molecule has 0 bridgehead atoms. The number of aromatic nitrogens is 2. The van der Waals surface area contributed by atoms with Crippen LogP contribution in [-0.4, -0.2) is 14.9 Å². The summed E-state index contributed by atoms with van der Waals surface area (Å²) in [6.07, 6.45) is 1.21. The number of aryl methyl sites for hydroxylation is 2. The summed E-state index contributed by atoms with van der Waals surface area (Å²) in [7, 11) is 1.81. The number of ether oxygens (including phenoxy) is 1. The highest BCUT2D eigenvalue weighted by Crippen LogP contribution is 2.09. The summed E-state index contributed by atoms with van der Waals surface area (Å²) in [6.45, 7) is 1.81. The molecule has 0 atom stereocenters. The zero-order valence-electron chi connectivity index (χ0n) is 10.2. The van der Waals surface area contributed by atoms with E-state index in [4.69, 9.17) is 14.3 Å². The Kier molecular flexibility index (Phi) is 3.47. The predicted octanol–water partition coefficient (Wildman–Crippen LogP) is 0.753. The number of aliphatic hydroxyl groups excluding tert-OH is 1. The van der Waals surface area contributed by atoms with E-state index in [2.05, 4.69) is 5.10 Å². The summed E-state index contributed by atoms with van der Waals surface area (Å²) < 4.78 is 12.1. The van der Waals surface area contributed by atoms with Crippen molar-refractivity contribution in [3.63, 3.8) is 0 Å². The van der Waals surface area contributed by atoms with E-state index in [1.54, 1.807) is 4.68 Å². The zero-order chi connectivity index (χ0) is 13.1. The van der Waals surface area contributed by atoms with Crippen LogP contribution in [0.4, 0.5) is 0 Å². The van der Waals surface area contributed by atoms with Gasteiger partial charge in [-0.25, -0.2) is 0 Å². The van der Waals surface area contributed by atoms with Gasteiger partial charge in [0.05, 0.1) is 11.4 Å². The van der Waals surface area contributed by atoms with Gasteiger partial charge in [-0.3, -0.25) is 9.48 Å². The molecular weight excluding hydrogens is 236 g/mol. The van der Waals surface area contributed by atoms with Crippen LogP contribution < -0.4 is 10.2 Å². The van der Waals surface area contributed by atoms with Crippen molar-refractivity contribution >= 4 is 0 Å². The number of hydrogen-bond acceptors (Lipinski definition) is 5. The highest BCUT2D eigenvalue weighted by molar-refractivity contribution is 5.18. The lowest BCUT2D eigenvalue weighted by Gasteiger charge is -2.05. The molecule has 0 fully saturated rings. The molecule has 1 N–H and O–H groups in total. The first-order chi connectivity index (χ1) is 8.60. The van der Waals surface area contributed by atoms with Crippen LogP contribution in [0.15, 0.2) is 27.6 Å². The van der Waals surface area contributed by atoms with E-state index in [9.17, 15) is 4.79 Å². The Morgan fingerprint density at radius 3 is 2.83 bits per heavy atom. The Labute approximate surface area is 103 Å². The van der Waals surface area contributed by atoms with Crippen LogP contribution in [0.2, 0.25) is 0 Å². The molecule has 6 nitrogen and oxygen atoms in total. The first-order valence-electron chi connectivity index (χ1n) is 5.45. The van der Waals surface area contributed by atoms with Gasteiger partial charge in [0.25, 0.3) is 0 Å². The molecule has 0 aliphatic carbocycles. The normalized spacial score (nSPS) is 10.6. The quantitative estimate of drug-likeness (QED) is 0.866. The largest absolute Gasteiger partial charge is 0.480 e. The van der Waals surface area contributed by atoms with Gasteiger partial charge in [0.1, 0.15) is 25.2 Å². The Balaban J connectivity index is 2.11. The topological polar surface area (TPSA) is 77.5 Å². The van der Waals surface area contributed by atoms with E-state index in [-0.39, 0.29) is 30.2 Å². The first kappa shape index (κ1) is 12.4. The Morgan fingerprint density at radius 1 is 1.50 bits per heavy atom. The molecule has 0 spiro atoms. The molecular formula is C12H14N2O4. The number of aliphatic hydroxyl groups is 1. The summed E-state index contributed by atoms with van der Waals surface area (Å²) in [5.41, 5.74) is 1.43. The molecule has 2 aromatic heterocycles. The van der Waals surface area contributed by atoms with Crippen molar-refractivity contribution in [1.29, 1.82) is 0 Å². The number of hydrogen-bond donors (Lipinski definition) is 1. The van der Waals surface area contributed by atoms with E-state index >= 15 is 0 Å². The predicted molar refractivity (Wildman–Crippen MR) is 63.2 cm³/mol. The van der Waals surface area contributed by atoms with E-state index in [1.165, 1.54) is 12.3 Å². The van der Waals surface area contributed by atoms with Gasteiger partial charge in [-0.1, -0.05) is 0 Å². The third-order valence-corrected chi connectivity index (χ3v) is 2.48. The van der Waals surface area contributed by atoms with Gasteiger partial charge in [0.2, 0.25) is 11.2 Å². The molecule has 2 rings (SSSR count). The second kappa shape index (κ2) is 5.05. The number of nitrogens with zero attached hydrogens (tertiary/aromatic N) is 2. The van der Waals surface area contributed by atoms with Gasteiger partial charge >= 0.3 is 0 Å². The third-order valence-electron chi connectivity index (χ3n) is 2.48. The van der Waals surface area contributed by atoms with Crippen molar-refractivity contribution in [3.8, 4) is 5.75 Å². The van der Waals surface area contributed by atoms with Crippen molar-refractivity contribution < 1.29 is 14.3 Å². The van der Waals surface area contributed by atoms with Crippen LogP contribution in [0.5, 0.6) is 5.75 Å². The van der Waals surface area contributed by atoms with E-state index in [0.29, 0.717) is 0 Å². The van der Waals surface area contributed by atoms with Gasteiger partial charge in [-0.15, -0.1) is 0 Å². The molecule has 0 amide bonds. The Morgan fingerprint density at radius 2 is 2.28 bits per heavy atom. The highest BCUT2D eigenvalue weighted by atomic mass is 16.5. The minimum Gasteiger partial charge on any atom is -0.480 e. The summed E-state index contributed by atoms with van der Waals surface area (Å²) >= 11 is 0. The molecule has 0 radical (unpaired) electrons. The van der Waals surface area contributed by atoms with Gasteiger partial charge < -0.3 is 14.3 Å². The fourth-order valence-electron chi connectivity index (χ4n) is 1.58. The molecule has 0 saturated heterocycles. The van der Waals surface area contributed by atoms with Crippen LogP contribution in [0.3, 0.4) is 0 Å². The fourth-order valence-corrected chi connectivity index (χ4v) is 1.58. The van der Waals surface area contributed by atoms with Gasteiger partial charge in [0.15, 0.2) is 0 Å². The molecule has 0 aromatic carbocycles. The first-order valence-corrected chi connectivity index (χ1v) is 5.45. The third kappa shape index (κ3) is 2.60. The Hall–Kier alpha value is -2.08. The maximum atomic E-state index is 11.6. The van der Waals surface area contributed by atoms with Gasteiger partial charge in [0, 0.05) is 13.1 Å². The van der Waals surface area contributed by atoms with Crippen LogP contribution in [-0.2, 0) is 20.3 Å². The maximum absolute atomic E-state index is 11.6. The van der Waals surface area contributed by atoms with Crippen LogP contribution >= 0.6 is 0 Å². The van der Waals surface area contributed by atoms with Crippen molar-refractivity contribution in [2.75, 3.05) is 0 Å². The molecule has 0 unspecified atom stereocenters. The van der Waals surface area contributed by atoms with Crippen LogP contribution in [0, 0.1) is 6.92 Å². The smallest absolute Gasteiger partial charge is 0.227 e. The second-order valence-corrected chi connectivity index (χ2v) is 3.92. The fraction of sp³-hybridized carbons (Fsp3) is 0.333. The average molecular weight is 250 g/mol. The van der Waals surface area contributed by atoms with Gasteiger partial charge in [-0.2, -0.15) is 5.10 Å². The SMILES string of the molecule is Cc1cc(COc2coc(CO)cc2=O)n(C)n1. The lowest BCUT2D eigenvalue weighted by Crippen LogP contribution is -2.10. The van der Waals surface area contributed by atoms with Crippen molar-refractivity contribution in [2.24, 2.45) is 7.05 Å². The highest BCUT2D eigenvalue weighted by Gasteiger charge is 2.07. The zero-order valence-corrected chi connectivity index (χ0v) is 10.2.